The molecule has 0 saturated heterocycles. The smallest absolute Gasteiger partial charge is 0.230 e. The van der Waals surface area contributed by atoms with Crippen LogP contribution in [-0.4, -0.2) is 18.4 Å². The lowest BCUT2D eigenvalue weighted by molar-refractivity contribution is -0.126. The molecular formula is C21H23ClN2O2. The number of rotatable bonds is 6. The lowest BCUT2D eigenvalue weighted by atomic mass is 10.2. The molecule has 2 amide bonds. The Hall–Kier alpha value is -2.33. The molecule has 1 aliphatic carbocycles. The number of hydrogen-bond donors (Lipinski definition) is 1. The first-order valence-electron chi connectivity index (χ1n) is 8.90. The summed E-state index contributed by atoms with van der Waals surface area (Å²) in [5.41, 5.74) is 2.87. The third kappa shape index (κ3) is 4.07. The highest BCUT2D eigenvalue weighted by Gasteiger charge is 2.49. The van der Waals surface area contributed by atoms with E-state index < -0.39 is 0 Å². The molecule has 1 saturated carbocycles. The molecule has 5 heteroatoms. The first kappa shape index (κ1) is 18.5. The van der Waals surface area contributed by atoms with Crippen molar-refractivity contribution in [2.24, 2.45) is 11.8 Å². The molecule has 0 spiro atoms. The summed E-state index contributed by atoms with van der Waals surface area (Å²) >= 11 is 6.11. The number of amides is 2. The van der Waals surface area contributed by atoms with Crippen molar-refractivity contribution in [1.29, 1.82) is 0 Å². The van der Waals surface area contributed by atoms with Gasteiger partial charge in [0.2, 0.25) is 11.8 Å². The number of carbonyl (C=O) groups excluding carboxylic acids is 2. The zero-order valence-corrected chi connectivity index (χ0v) is 15.8. The van der Waals surface area contributed by atoms with E-state index in [1.165, 1.54) is 0 Å². The van der Waals surface area contributed by atoms with Crippen LogP contribution in [0.4, 0.5) is 5.69 Å². The molecule has 0 aliphatic heterocycles. The van der Waals surface area contributed by atoms with Crippen LogP contribution in [0.3, 0.4) is 0 Å². The second-order valence-corrected chi connectivity index (χ2v) is 7.09. The summed E-state index contributed by atoms with van der Waals surface area (Å²) in [6.45, 7) is 4.93. The van der Waals surface area contributed by atoms with E-state index in [-0.39, 0.29) is 23.7 Å². The Morgan fingerprint density at radius 2 is 1.92 bits per heavy atom. The molecule has 0 radical (unpaired) electrons. The summed E-state index contributed by atoms with van der Waals surface area (Å²) in [5, 5.41) is 3.53. The maximum Gasteiger partial charge on any atom is 0.230 e. The standard InChI is InChI=1S/C21H23ClN2O2/c1-3-24(16-9-6-7-14(2)11-16)21(26)18-12-17(18)20(25)23-13-15-8-4-5-10-19(15)22/h4-11,17-18H,3,12-13H2,1-2H3,(H,23,25). The highest BCUT2D eigenvalue weighted by atomic mass is 35.5. The number of anilines is 1. The van der Waals surface area contributed by atoms with Crippen molar-refractivity contribution in [3.63, 3.8) is 0 Å². The molecule has 0 aromatic heterocycles. The van der Waals surface area contributed by atoms with E-state index in [9.17, 15) is 9.59 Å². The number of nitrogens with one attached hydrogen (secondary N) is 1. The van der Waals surface area contributed by atoms with Crippen LogP contribution in [0, 0.1) is 18.8 Å². The van der Waals surface area contributed by atoms with E-state index in [4.69, 9.17) is 11.6 Å². The van der Waals surface area contributed by atoms with Gasteiger partial charge < -0.3 is 10.2 Å². The molecule has 1 fully saturated rings. The van der Waals surface area contributed by atoms with Gasteiger partial charge in [0.1, 0.15) is 0 Å². The summed E-state index contributed by atoms with van der Waals surface area (Å²) in [6.07, 6.45) is 0.607. The van der Waals surface area contributed by atoms with Crippen molar-refractivity contribution in [2.75, 3.05) is 11.4 Å². The van der Waals surface area contributed by atoms with E-state index in [1.54, 1.807) is 11.0 Å². The Morgan fingerprint density at radius 3 is 2.62 bits per heavy atom. The molecule has 4 nitrogen and oxygen atoms in total. The van der Waals surface area contributed by atoms with Gasteiger partial charge in [-0.25, -0.2) is 0 Å². The SMILES string of the molecule is CCN(C(=O)C1CC1C(=O)NCc1ccccc1Cl)c1cccc(C)c1. The maximum absolute atomic E-state index is 12.8. The van der Waals surface area contributed by atoms with Gasteiger partial charge in [-0.2, -0.15) is 0 Å². The van der Waals surface area contributed by atoms with Crippen LogP contribution in [-0.2, 0) is 16.1 Å². The van der Waals surface area contributed by atoms with Crippen LogP contribution < -0.4 is 10.2 Å². The minimum atomic E-state index is -0.246. The summed E-state index contributed by atoms with van der Waals surface area (Å²) in [4.78, 5) is 27.0. The van der Waals surface area contributed by atoms with E-state index in [2.05, 4.69) is 5.32 Å². The summed E-state index contributed by atoms with van der Waals surface area (Å²) in [6, 6.07) is 15.3. The Bertz CT molecular complexity index is 821. The monoisotopic (exact) mass is 370 g/mol. The third-order valence-electron chi connectivity index (χ3n) is 4.75. The molecule has 0 heterocycles. The Morgan fingerprint density at radius 1 is 1.15 bits per heavy atom. The largest absolute Gasteiger partial charge is 0.352 e. The summed E-state index contributed by atoms with van der Waals surface area (Å²) < 4.78 is 0. The number of hydrogen-bond acceptors (Lipinski definition) is 2. The second kappa shape index (κ2) is 7.92. The number of benzene rings is 2. The van der Waals surface area contributed by atoms with Crippen molar-refractivity contribution in [1.82, 2.24) is 5.32 Å². The Kier molecular flexibility index (Phi) is 5.62. The zero-order valence-electron chi connectivity index (χ0n) is 15.0. The average molecular weight is 371 g/mol. The van der Waals surface area contributed by atoms with Gasteiger partial charge in [0.25, 0.3) is 0 Å². The van der Waals surface area contributed by atoms with Crippen molar-refractivity contribution < 1.29 is 9.59 Å². The quantitative estimate of drug-likeness (QED) is 0.836. The molecule has 2 unspecified atom stereocenters. The Balaban J connectivity index is 1.59. The third-order valence-corrected chi connectivity index (χ3v) is 5.12. The normalized spacial score (nSPS) is 18.3. The van der Waals surface area contributed by atoms with Gasteiger partial charge in [-0.15, -0.1) is 0 Å². The van der Waals surface area contributed by atoms with E-state index in [0.717, 1.165) is 16.8 Å². The predicted molar refractivity (Wildman–Crippen MR) is 104 cm³/mol. The van der Waals surface area contributed by atoms with Gasteiger partial charge in [-0.05, 0) is 49.6 Å². The van der Waals surface area contributed by atoms with E-state index in [1.807, 2.05) is 56.3 Å². The number of nitrogens with zero attached hydrogens (tertiary/aromatic N) is 1. The lowest BCUT2D eigenvalue weighted by Crippen LogP contribution is -2.34. The molecule has 1 aliphatic rings. The van der Waals surface area contributed by atoms with Crippen LogP contribution in [0.1, 0.15) is 24.5 Å². The molecular weight excluding hydrogens is 348 g/mol. The highest BCUT2D eigenvalue weighted by Crippen LogP contribution is 2.41. The van der Waals surface area contributed by atoms with Crippen molar-refractivity contribution in [2.45, 2.75) is 26.8 Å². The molecule has 0 bridgehead atoms. The fraction of sp³-hybridized carbons (Fsp3) is 0.333. The van der Waals surface area contributed by atoms with Crippen molar-refractivity contribution in [3.8, 4) is 0 Å². The van der Waals surface area contributed by atoms with E-state index >= 15 is 0 Å². The molecule has 2 atom stereocenters. The fourth-order valence-corrected chi connectivity index (χ4v) is 3.38. The predicted octanol–water partition coefficient (Wildman–Crippen LogP) is 3.95. The van der Waals surface area contributed by atoms with Crippen LogP contribution in [0.25, 0.3) is 0 Å². The van der Waals surface area contributed by atoms with Crippen LogP contribution in [0.15, 0.2) is 48.5 Å². The minimum absolute atomic E-state index is 0.0241. The minimum Gasteiger partial charge on any atom is -0.352 e. The van der Waals surface area contributed by atoms with Crippen molar-refractivity contribution >= 4 is 29.1 Å². The zero-order chi connectivity index (χ0) is 18.7. The average Bonchev–Trinajstić information content (AvgIpc) is 3.42. The highest BCUT2D eigenvalue weighted by molar-refractivity contribution is 6.31. The molecule has 2 aromatic rings. The molecule has 136 valence electrons. The molecule has 26 heavy (non-hydrogen) atoms. The van der Waals surface area contributed by atoms with Crippen molar-refractivity contribution in [3.05, 3.63) is 64.7 Å². The topological polar surface area (TPSA) is 49.4 Å². The van der Waals surface area contributed by atoms with Gasteiger partial charge in [0.05, 0.1) is 11.8 Å². The van der Waals surface area contributed by atoms with Gasteiger partial charge in [0.15, 0.2) is 0 Å². The second-order valence-electron chi connectivity index (χ2n) is 6.68. The number of halogens is 1. The number of aryl methyl sites for hydroxylation is 1. The summed E-state index contributed by atoms with van der Waals surface area (Å²) in [5.74, 6) is -0.537. The van der Waals surface area contributed by atoms with Gasteiger partial charge >= 0.3 is 0 Å². The maximum atomic E-state index is 12.8. The fourth-order valence-electron chi connectivity index (χ4n) is 3.17. The van der Waals surface area contributed by atoms with Crippen LogP contribution in [0.2, 0.25) is 5.02 Å². The first-order chi connectivity index (χ1) is 12.5. The molecule has 2 aromatic carbocycles. The first-order valence-corrected chi connectivity index (χ1v) is 9.28. The Labute approximate surface area is 159 Å². The van der Waals surface area contributed by atoms with Gasteiger partial charge in [-0.3, -0.25) is 9.59 Å². The molecule has 1 N–H and O–H groups in total. The van der Waals surface area contributed by atoms with Gasteiger partial charge in [0, 0.05) is 23.8 Å². The van der Waals surface area contributed by atoms with Crippen LogP contribution >= 0.6 is 11.6 Å². The van der Waals surface area contributed by atoms with Gasteiger partial charge in [-0.1, -0.05) is 41.9 Å². The molecule has 3 rings (SSSR count). The van der Waals surface area contributed by atoms with Crippen LogP contribution in [0.5, 0.6) is 0 Å². The van der Waals surface area contributed by atoms with E-state index in [0.29, 0.717) is 24.5 Å². The summed E-state index contributed by atoms with van der Waals surface area (Å²) in [7, 11) is 0. The number of carbonyl (C=O) groups is 2. The lowest BCUT2D eigenvalue weighted by Gasteiger charge is -2.21.